The Morgan fingerprint density at radius 3 is 3.05 bits per heavy atom. The molecule has 1 aromatic rings. The normalized spacial score (nSPS) is 31.7. The van der Waals surface area contributed by atoms with Crippen LogP contribution in [-0.2, 0) is 6.54 Å². The van der Waals surface area contributed by atoms with Gasteiger partial charge in [0.2, 0.25) is 6.79 Å². The lowest BCUT2D eigenvalue weighted by Gasteiger charge is -2.31. The van der Waals surface area contributed by atoms with Gasteiger partial charge in [-0.15, -0.1) is 0 Å². The minimum atomic E-state index is 0.354. The summed E-state index contributed by atoms with van der Waals surface area (Å²) in [4.78, 5) is 2.59. The molecule has 2 bridgehead atoms. The maximum Gasteiger partial charge on any atom is 0.231 e. The van der Waals surface area contributed by atoms with Crippen molar-refractivity contribution in [3.63, 3.8) is 0 Å². The number of ether oxygens (including phenoxy) is 2. The first-order valence-corrected chi connectivity index (χ1v) is 7.23. The zero-order valence-corrected chi connectivity index (χ0v) is 11.1. The number of rotatable bonds is 3. The fourth-order valence-electron chi connectivity index (χ4n) is 3.52. The van der Waals surface area contributed by atoms with E-state index in [4.69, 9.17) is 9.47 Å². The van der Waals surface area contributed by atoms with E-state index in [0.29, 0.717) is 12.8 Å². The predicted molar refractivity (Wildman–Crippen MR) is 72.4 cm³/mol. The van der Waals surface area contributed by atoms with Crippen LogP contribution in [0.25, 0.3) is 0 Å². The average molecular weight is 260 g/mol. The third kappa shape index (κ3) is 2.19. The van der Waals surface area contributed by atoms with Crippen LogP contribution in [0.4, 0.5) is 0 Å². The first kappa shape index (κ1) is 11.6. The van der Waals surface area contributed by atoms with Crippen LogP contribution >= 0.6 is 0 Å². The van der Waals surface area contributed by atoms with Gasteiger partial charge in [0.15, 0.2) is 11.5 Å². The molecular weight excluding hydrogens is 240 g/mol. The molecule has 2 saturated heterocycles. The van der Waals surface area contributed by atoms with Crippen molar-refractivity contribution in [1.82, 2.24) is 10.2 Å². The van der Waals surface area contributed by atoms with Gasteiger partial charge in [-0.1, -0.05) is 6.07 Å². The minimum Gasteiger partial charge on any atom is -0.454 e. The molecule has 0 radical (unpaired) electrons. The summed E-state index contributed by atoms with van der Waals surface area (Å²) in [6, 6.07) is 6.92. The molecule has 0 amide bonds. The fraction of sp³-hybridized carbons (Fsp3) is 0.600. The van der Waals surface area contributed by atoms with Crippen LogP contribution in [0, 0.1) is 5.92 Å². The number of nitrogens with one attached hydrogen (secondary N) is 1. The highest BCUT2D eigenvalue weighted by molar-refractivity contribution is 5.44. The number of benzene rings is 1. The Bertz CT molecular complexity index is 477. The van der Waals surface area contributed by atoms with E-state index in [1.165, 1.54) is 38.0 Å². The van der Waals surface area contributed by atoms with Gasteiger partial charge in [0.1, 0.15) is 0 Å². The van der Waals surface area contributed by atoms with Gasteiger partial charge in [0.05, 0.1) is 0 Å². The summed E-state index contributed by atoms with van der Waals surface area (Å²) in [5.41, 5.74) is 1.28. The molecule has 4 rings (SSSR count). The molecule has 0 aromatic heterocycles. The Morgan fingerprint density at radius 1 is 1.16 bits per heavy atom. The lowest BCUT2D eigenvalue weighted by molar-refractivity contribution is 0.174. The van der Waals surface area contributed by atoms with E-state index in [-0.39, 0.29) is 0 Å². The van der Waals surface area contributed by atoms with Gasteiger partial charge >= 0.3 is 0 Å². The van der Waals surface area contributed by atoms with Gasteiger partial charge in [0, 0.05) is 19.1 Å². The average Bonchev–Trinajstić information content (AvgIpc) is 3.04. The van der Waals surface area contributed by atoms with E-state index in [1.807, 2.05) is 6.07 Å². The lowest BCUT2D eigenvalue weighted by atomic mass is 9.94. The summed E-state index contributed by atoms with van der Waals surface area (Å²) in [7, 11) is 0. The summed E-state index contributed by atoms with van der Waals surface area (Å²) in [6.45, 7) is 5.13. The summed E-state index contributed by atoms with van der Waals surface area (Å²) >= 11 is 0. The largest absolute Gasteiger partial charge is 0.454 e. The molecule has 4 heteroatoms. The third-order valence-corrected chi connectivity index (χ3v) is 4.64. The van der Waals surface area contributed by atoms with Crippen molar-refractivity contribution in [3.05, 3.63) is 23.8 Å². The second-order valence-electron chi connectivity index (χ2n) is 5.81. The molecule has 3 aliphatic heterocycles. The molecule has 1 N–H and O–H groups in total. The smallest absolute Gasteiger partial charge is 0.231 e. The van der Waals surface area contributed by atoms with Gasteiger partial charge in [-0.25, -0.2) is 0 Å². The van der Waals surface area contributed by atoms with Gasteiger partial charge in [0.25, 0.3) is 0 Å². The topological polar surface area (TPSA) is 33.7 Å². The fourth-order valence-corrected chi connectivity index (χ4v) is 3.52. The highest BCUT2D eigenvalue weighted by Gasteiger charge is 2.33. The van der Waals surface area contributed by atoms with Crippen molar-refractivity contribution in [2.24, 2.45) is 5.92 Å². The molecule has 102 valence electrons. The van der Waals surface area contributed by atoms with Crippen LogP contribution in [0.15, 0.2) is 18.2 Å². The van der Waals surface area contributed by atoms with Gasteiger partial charge in [-0.05, 0) is 49.5 Å². The van der Waals surface area contributed by atoms with Crippen molar-refractivity contribution < 1.29 is 9.47 Å². The standard InChI is InChI=1S/C15H20N2O2/c1-2-14-15(19-10-18-14)7-11(1)8-16-13-4-6-17-5-3-12(13)9-17/h1-2,7,12-13,16H,3-6,8-10H2. The molecule has 2 fully saturated rings. The Balaban J connectivity index is 1.39. The SMILES string of the molecule is c1cc2c(cc1CNC1CCN3CCC1C3)OCO2. The van der Waals surface area contributed by atoms with E-state index < -0.39 is 0 Å². The Morgan fingerprint density at radius 2 is 2.05 bits per heavy atom. The van der Waals surface area contributed by atoms with Crippen LogP contribution in [0.3, 0.4) is 0 Å². The highest BCUT2D eigenvalue weighted by atomic mass is 16.7. The highest BCUT2D eigenvalue weighted by Crippen LogP contribution is 2.33. The number of hydrogen-bond acceptors (Lipinski definition) is 4. The summed E-state index contributed by atoms with van der Waals surface area (Å²) in [6.07, 6.45) is 2.65. The minimum absolute atomic E-state index is 0.354. The van der Waals surface area contributed by atoms with Crippen molar-refractivity contribution in [2.75, 3.05) is 26.4 Å². The quantitative estimate of drug-likeness (QED) is 0.895. The Labute approximate surface area is 113 Å². The molecule has 19 heavy (non-hydrogen) atoms. The first-order chi connectivity index (χ1) is 9.38. The molecule has 3 heterocycles. The predicted octanol–water partition coefficient (Wildman–Crippen LogP) is 1.60. The van der Waals surface area contributed by atoms with E-state index in [0.717, 1.165) is 24.0 Å². The zero-order valence-electron chi connectivity index (χ0n) is 11.1. The molecule has 1 aromatic carbocycles. The maximum absolute atomic E-state index is 5.42. The van der Waals surface area contributed by atoms with E-state index in [2.05, 4.69) is 22.3 Å². The molecule has 4 nitrogen and oxygen atoms in total. The third-order valence-electron chi connectivity index (χ3n) is 4.64. The molecule has 3 aliphatic rings. The van der Waals surface area contributed by atoms with Crippen LogP contribution in [0.1, 0.15) is 18.4 Å². The lowest BCUT2D eigenvalue weighted by Crippen LogP contribution is -2.43. The van der Waals surface area contributed by atoms with Crippen LogP contribution < -0.4 is 14.8 Å². The first-order valence-electron chi connectivity index (χ1n) is 7.23. The summed E-state index contributed by atoms with van der Waals surface area (Å²) in [5.74, 6) is 2.60. The molecule has 0 spiro atoms. The number of piperidine rings is 1. The van der Waals surface area contributed by atoms with Gasteiger partial charge < -0.3 is 19.7 Å². The maximum atomic E-state index is 5.42. The summed E-state index contributed by atoms with van der Waals surface area (Å²) in [5, 5.41) is 3.73. The zero-order chi connectivity index (χ0) is 12.7. The molecule has 3 unspecified atom stereocenters. The second kappa shape index (κ2) is 4.69. The van der Waals surface area contributed by atoms with Gasteiger partial charge in [-0.2, -0.15) is 0 Å². The second-order valence-corrected chi connectivity index (χ2v) is 5.81. The van der Waals surface area contributed by atoms with Crippen LogP contribution in [0.2, 0.25) is 0 Å². The Kier molecular flexibility index (Phi) is 2.85. The molecule has 3 atom stereocenters. The monoisotopic (exact) mass is 260 g/mol. The van der Waals surface area contributed by atoms with Crippen LogP contribution in [0.5, 0.6) is 11.5 Å². The van der Waals surface area contributed by atoms with Gasteiger partial charge in [-0.3, -0.25) is 0 Å². The molecule has 0 saturated carbocycles. The molecule has 0 aliphatic carbocycles. The number of fused-ring (bicyclic) bond motifs is 3. The van der Waals surface area contributed by atoms with Crippen molar-refractivity contribution in [3.8, 4) is 11.5 Å². The van der Waals surface area contributed by atoms with E-state index in [1.54, 1.807) is 0 Å². The van der Waals surface area contributed by atoms with Crippen LogP contribution in [-0.4, -0.2) is 37.4 Å². The van der Waals surface area contributed by atoms with Crippen molar-refractivity contribution >= 4 is 0 Å². The van der Waals surface area contributed by atoms with E-state index in [9.17, 15) is 0 Å². The number of nitrogens with zero attached hydrogens (tertiary/aromatic N) is 1. The number of hydrogen-bond donors (Lipinski definition) is 1. The van der Waals surface area contributed by atoms with Crippen molar-refractivity contribution in [2.45, 2.75) is 25.4 Å². The molecular formula is C15H20N2O2. The summed E-state index contributed by atoms with van der Waals surface area (Å²) < 4.78 is 10.8. The Hall–Kier alpha value is -1.26. The van der Waals surface area contributed by atoms with Crippen molar-refractivity contribution in [1.29, 1.82) is 0 Å². The van der Waals surface area contributed by atoms with E-state index >= 15 is 0 Å².